The van der Waals surface area contributed by atoms with Gasteiger partial charge in [-0.2, -0.15) is 0 Å². The summed E-state index contributed by atoms with van der Waals surface area (Å²) in [5, 5.41) is 3.26. The van der Waals surface area contributed by atoms with Crippen molar-refractivity contribution >= 4 is 5.97 Å². The average molecular weight is 282 g/mol. The van der Waals surface area contributed by atoms with Crippen LogP contribution in [0.2, 0.25) is 0 Å². The van der Waals surface area contributed by atoms with Gasteiger partial charge in [-0.15, -0.1) is 0 Å². The van der Waals surface area contributed by atoms with Gasteiger partial charge in [0.25, 0.3) is 0 Å². The molecule has 0 spiro atoms. The van der Waals surface area contributed by atoms with Gasteiger partial charge in [0.05, 0.1) is 7.11 Å². The van der Waals surface area contributed by atoms with Crippen LogP contribution in [-0.2, 0) is 9.53 Å². The molecular weight excluding hydrogens is 252 g/mol. The van der Waals surface area contributed by atoms with Crippen LogP contribution in [-0.4, -0.2) is 49.7 Å². The molecule has 0 amide bonds. The first-order chi connectivity index (χ1) is 9.61. The summed E-state index contributed by atoms with van der Waals surface area (Å²) >= 11 is 0. The summed E-state index contributed by atoms with van der Waals surface area (Å²) in [7, 11) is 3.39. The molecule has 0 bridgehead atoms. The van der Waals surface area contributed by atoms with Gasteiger partial charge in [0.2, 0.25) is 0 Å². The fraction of sp³-hybridized carbons (Fsp3) is 0.938. The van der Waals surface area contributed by atoms with E-state index in [1.54, 1.807) is 0 Å². The monoisotopic (exact) mass is 282 g/mol. The lowest BCUT2D eigenvalue weighted by atomic mass is 9.78. The van der Waals surface area contributed by atoms with Gasteiger partial charge in [-0.25, -0.2) is 0 Å². The molecule has 2 aliphatic rings. The molecule has 1 saturated heterocycles. The molecule has 1 heterocycles. The maximum Gasteiger partial charge on any atom is 0.326 e. The van der Waals surface area contributed by atoms with Crippen LogP contribution in [0.15, 0.2) is 0 Å². The second-order valence-corrected chi connectivity index (χ2v) is 6.65. The van der Waals surface area contributed by atoms with Crippen LogP contribution in [0.3, 0.4) is 0 Å². The molecule has 1 aliphatic carbocycles. The van der Waals surface area contributed by atoms with Crippen LogP contribution in [0.25, 0.3) is 0 Å². The van der Waals surface area contributed by atoms with Crippen molar-refractivity contribution in [2.75, 3.05) is 27.2 Å². The SMILES string of the molecule is CNC1(C(=O)OC)CCCC(N2CCCC(C)CC2)C1. The lowest BCUT2D eigenvalue weighted by molar-refractivity contribution is -0.151. The summed E-state index contributed by atoms with van der Waals surface area (Å²) in [5.41, 5.74) is -0.463. The zero-order chi connectivity index (χ0) is 14.6. The van der Waals surface area contributed by atoms with Crippen molar-refractivity contribution in [1.82, 2.24) is 10.2 Å². The Balaban J connectivity index is 2.03. The van der Waals surface area contributed by atoms with E-state index in [2.05, 4.69) is 17.1 Å². The van der Waals surface area contributed by atoms with E-state index in [1.807, 2.05) is 7.05 Å². The van der Waals surface area contributed by atoms with E-state index in [4.69, 9.17) is 4.74 Å². The molecule has 4 nitrogen and oxygen atoms in total. The molecule has 116 valence electrons. The van der Waals surface area contributed by atoms with Crippen LogP contribution < -0.4 is 5.32 Å². The molecule has 0 aromatic heterocycles. The zero-order valence-electron chi connectivity index (χ0n) is 13.3. The fourth-order valence-corrected chi connectivity index (χ4v) is 3.92. The second kappa shape index (κ2) is 6.90. The Bertz CT molecular complexity index is 334. The molecule has 2 fully saturated rings. The van der Waals surface area contributed by atoms with Crippen LogP contribution in [0, 0.1) is 5.92 Å². The number of hydrogen-bond acceptors (Lipinski definition) is 4. The molecule has 3 unspecified atom stereocenters. The Morgan fingerprint density at radius 1 is 1.25 bits per heavy atom. The molecule has 1 N–H and O–H groups in total. The number of nitrogens with zero attached hydrogens (tertiary/aromatic N) is 1. The molecule has 2 rings (SSSR count). The standard InChI is InChI=1S/C16H30N2O2/c1-13-6-5-10-18(11-8-13)14-7-4-9-16(12-14,17-2)15(19)20-3/h13-14,17H,4-12H2,1-3H3. The molecule has 1 saturated carbocycles. The van der Waals surface area contributed by atoms with E-state index < -0.39 is 5.54 Å². The molecule has 0 radical (unpaired) electrons. The van der Waals surface area contributed by atoms with Gasteiger partial charge in [-0.3, -0.25) is 4.79 Å². The number of esters is 1. The highest BCUT2D eigenvalue weighted by molar-refractivity contribution is 5.81. The molecular formula is C16H30N2O2. The van der Waals surface area contributed by atoms with Crippen LogP contribution in [0.5, 0.6) is 0 Å². The molecule has 4 heteroatoms. The van der Waals surface area contributed by atoms with Gasteiger partial charge >= 0.3 is 5.97 Å². The molecule has 1 aliphatic heterocycles. The normalized spacial score (nSPS) is 36.4. The van der Waals surface area contributed by atoms with E-state index in [1.165, 1.54) is 45.9 Å². The average Bonchev–Trinajstić information content (AvgIpc) is 2.71. The summed E-state index contributed by atoms with van der Waals surface area (Å²) in [5.74, 6) is 0.756. The van der Waals surface area contributed by atoms with E-state index in [0.29, 0.717) is 6.04 Å². The van der Waals surface area contributed by atoms with Crippen molar-refractivity contribution in [1.29, 1.82) is 0 Å². The van der Waals surface area contributed by atoms with Gasteiger partial charge < -0.3 is 15.0 Å². The molecule has 20 heavy (non-hydrogen) atoms. The predicted octanol–water partition coefficient (Wildman–Crippen LogP) is 2.18. The summed E-state index contributed by atoms with van der Waals surface area (Å²) in [6.45, 7) is 4.74. The van der Waals surface area contributed by atoms with Crippen molar-refractivity contribution < 1.29 is 9.53 Å². The van der Waals surface area contributed by atoms with Gasteiger partial charge in [0, 0.05) is 6.04 Å². The first kappa shape index (κ1) is 15.8. The molecule has 3 atom stereocenters. The number of carbonyl (C=O) groups is 1. The Kier molecular flexibility index (Phi) is 5.44. The Morgan fingerprint density at radius 2 is 2.05 bits per heavy atom. The maximum atomic E-state index is 12.2. The number of hydrogen-bond donors (Lipinski definition) is 1. The predicted molar refractivity (Wildman–Crippen MR) is 80.7 cm³/mol. The van der Waals surface area contributed by atoms with Gasteiger partial charge in [0.1, 0.15) is 5.54 Å². The van der Waals surface area contributed by atoms with Crippen molar-refractivity contribution in [2.45, 2.75) is 63.5 Å². The number of carbonyl (C=O) groups excluding carboxylic acids is 1. The summed E-state index contributed by atoms with van der Waals surface area (Å²) in [6.07, 6.45) is 8.05. The zero-order valence-corrected chi connectivity index (χ0v) is 13.3. The Labute approximate surface area is 123 Å². The minimum absolute atomic E-state index is 0.0899. The van der Waals surface area contributed by atoms with E-state index >= 15 is 0 Å². The first-order valence-electron chi connectivity index (χ1n) is 8.12. The lowest BCUT2D eigenvalue weighted by Crippen LogP contribution is -2.57. The van der Waals surface area contributed by atoms with Crippen molar-refractivity contribution in [3.8, 4) is 0 Å². The minimum Gasteiger partial charge on any atom is -0.468 e. The number of rotatable bonds is 3. The fourth-order valence-electron chi connectivity index (χ4n) is 3.92. The van der Waals surface area contributed by atoms with E-state index in [-0.39, 0.29) is 5.97 Å². The molecule has 0 aromatic carbocycles. The minimum atomic E-state index is -0.463. The lowest BCUT2D eigenvalue weighted by Gasteiger charge is -2.42. The number of nitrogens with one attached hydrogen (secondary N) is 1. The van der Waals surface area contributed by atoms with Gasteiger partial charge in [-0.05, 0) is 71.0 Å². The highest BCUT2D eigenvalue weighted by Gasteiger charge is 2.44. The first-order valence-corrected chi connectivity index (χ1v) is 8.12. The summed E-state index contributed by atoms with van der Waals surface area (Å²) < 4.78 is 5.04. The third kappa shape index (κ3) is 3.34. The summed E-state index contributed by atoms with van der Waals surface area (Å²) in [4.78, 5) is 14.8. The maximum absolute atomic E-state index is 12.2. The van der Waals surface area contributed by atoms with Gasteiger partial charge in [0.15, 0.2) is 0 Å². The highest BCUT2D eigenvalue weighted by Crippen LogP contribution is 2.33. The molecule has 0 aromatic rings. The Hall–Kier alpha value is -0.610. The highest BCUT2D eigenvalue weighted by atomic mass is 16.5. The third-order valence-electron chi connectivity index (χ3n) is 5.35. The largest absolute Gasteiger partial charge is 0.468 e. The van der Waals surface area contributed by atoms with Crippen LogP contribution >= 0.6 is 0 Å². The van der Waals surface area contributed by atoms with Crippen molar-refractivity contribution in [3.05, 3.63) is 0 Å². The number of likely N-dealkylation sites (N-methyl/N-ethyl adjacent to an activating group) is 1. The quantitative estimate of drug-likeness (QED) is 0.806. The van der Waals surface area contributed by atoms with Crippen molar-refractivity contribution in [2.24, 2.45) is 5.92 Å². The Morgan fingerprint density at radius 3 is 2.75 bits per heavy atom. The third-order valence-corrected chi connectivity index (χ3v) is 5.35. The van der Waals surface area contributed by atoms with Crippen LogP contribution in [0.1, 0.15) is 51.9 Å². The van der Waals surface area contributed by atoms with E-state index in [0.717, 1.165) is 25.2 Å². The van der Waals surface area contributed by atoms with Crippen LogP contribution in [0.4, 0.5) is 0 Å². The summed E-state index contributed by atoms with van der Waals surface area (Å²) in [6, 6.07) is 0.528. The second-order valence-electron chi connectivity index (χ2n) is 6.65. The number of likely N-dealkylation sites (tertiary alicyclic amines) is 1. The van der Waals surface area contributed by atoms with E-state index in [9.17, 15) is 4.79 Å². The van der Waals surface area contributed by atoms with Gasteiger partial charge in [-0.1, -0.05) is 6.92 Å². The number of ether oxygens (including phenoxy) is 1. The number of methoxy groups -OCH3 is 1. The topological polar surface area (TPSA) is 41.6 Å². The van der Waals surface area contributed by atoms with Crippen molar-refractivity contribution in [3.63, 3.8) is 0 Å². The smallest absolute Gasteiger partial charge is 0.326 e.